The molecule has 0 bridgehead atoms. The molecule has 25 heavy (non-hydrogen) atoms. The fourth-order valence-corrected chi connectivity index (χ4v) is 4.59. The summed E-state index contributed by atoms with van der Waals surface area (Å²) in [4.78, 5) is 21.9. The van der Waals surface area contributed by atoms with E-state index in [1.807, 2.05) is 0 Å². The number of rotatable bonds is 7. The van der Waals surface area contributed by atoms with Gasteiger partial charge in [-0.15, -0.1) is 11.3 Å². The Bertz CT molecular complexity index is 879. The van der Waals surface area contributed by atoms with Crippen LogP contribution in [0.4, 0.5) is 5.69 Å². The van der Waals surface area contributed by atoms with Crippen LogP contribution in [0.5, 0.6) is 0 Å². The van der Waals surface area contributed by atoms with E-state index in [4.69, 9.17) is 16.3 Å². The fraction of sp³-hybridized carbons (Fsp3) is 0.214. The molecule has 0 aliphatic rings. The van der Waals surface area contributed by atoms with E-state index in [2.05, 4.69) is 0 Å². The highest BCUT2D eigenvalue weighted by atomic mass is 35.5. The van der Waals surface area contributed by atoms with Crippen molar-refractivity contribution in [1.29, 1.82) is 0 Å². The zero-order chi connectivity index (χ0) is 18.6. The highest BCUT2D eigenvalue weighted by molar-refractivity contribution is 7.91. The molecule has 11 heteroatoms. The number of esters is 1. The van der Waals surface area contributed by atoms with Crippen molar-refractivity contribution in [1.82, 2.24) is 4.31 Å². The van der Waals surface area contributed by atoms with Crippen molar-refractivity contribution in [3.63, 3.8) is 0 Å². The number of likely N-dealkylation sites (N-methyl/N-ethyl adjacent to an activating group) is 1. The minimum absolute atomic E-state index is 0.0307. The molecule has 0 spiro atoms. The number of benzene rings is 1. The van der Waals surface area contributed by atoms with Crippen molar-refractivity contribution in [3.05, 3.63) is 56.4 Å². The van der Waals surface area contributed by atoms with Gasteiger partial charge in [-0.05, 0) is 29.8 Å². The first-order valence-corrected chi connectivity index (χ1v) is 9.44. The summed E-state index contributed by atoms with van der Waals surface area (Å²) < 4.78 is 30.7. The molecule has 134 valence electrons. The van der Waals surface area contributed by atoms with Gasteiger partial charge in [0.15, 0.2) is 0 Å². The highest BCUT2D eigenvalue weighted by Gasteiger charge is 2.25. The Kier molecular flexibility index (Phi) is 6.11. The maximum Gasteiger partial charge on any atom is 0.321 e. The van der Waals surface area contributed by atoms with E-state index in [1.54, 1.807) is 0 Å². The van der Waals surface area contributed by atoms with Gasteiger partial charge in [-0.3, -0.25) is 14.9 Å². The lowest BCUT2D eigenvalue weighted by atomic mass is 10.2. The number of hydrogen-bond acceptors (Lipinski definition) is 7. The van der Waals surface area contributed by atoms with Crippen LogP contribution >= 0.6 is 22.9 Å². The monoisotopic (exact) mass is 404 g/mol. The van der Waals surface area contributed by atoms with Crippen LogP contribution in [0.15, 0.2) is 40.6 Å². The molecule has 0 N–H and O–H groups in total. The highest BCUT2D eigenvalue weighted by Crippen LogP contribution is 2.27. The van der Waals surface area contributed by atoms with Gasteiger partial charge in [0.05, 0.1) is 9.26 Å². The van der Waals surface area contributed by atoms with Crippen molar-refractivity contribution in [2.45, 2.75) is 10.8 Å². The van der Waals surface area contributed by atoms with Crippen LogP contribution in [0.3, 0.4) is 0 Å². The summed E-state index contributed by atoms with van der Waals surface area (Å²) in [6, 6.07) is 8.32. The van der Waals surface area contributed by atoms with Gasteiger partial charge in [-0.1, -0.05) is 11.6 Å². The third kappa shape index (κ3) is 4.98. The van der Waals surface area contributed by atoms with E-state index in [-0.39, 0.29) is 16.5 Å². The molecule has 8 nitrogen and oxygen atoms in total. The fourth-order valence-electron chi connectivity index (χ4n) is 1.78. The van der Waals surface area contributed by atoms with E-state index >= 15 is 0 Å². The summed E-state index contributed by atoms with van der Waals surface area (Å²) in [6.45, 7) is -0.583. The lowest BCUT2D eigenvalue weighted by molar-refractivity contribution is -0.384. The first kappa shape index (κ1) is 19.3. The van der Waals surface area contributed by atoms with Crippen molar-refractivity contribution >= 4 is 44.6 Å². The van der Waals surface area contributed by atoms with E-state index in [0.717, 1.165) is 15.6 Å². The topological polar surface area (TPSA) is 107 Å². The van der Waals surface area contributed by atoms with Crippen LogP contribution in [0, 0.1) is 10.1 Å². The van der Waals surface area contributed by atoms with Crippen molar-refractivity contribution in [3.8, 4) is 0 Å². The molecule has 0 radical (unpaired) electrons. The lowest BCUT2D eigenvalue weighted by Crippen LogP contribution is -2.32. The van der Waals surface area contributed by atoms with Gasteiger partial charge < -0.3 is 4.74 Å². The summed E-state index contributed by atoms with van der Waals surface area (Å²) in [5.41, 5.74) is 0.477. The third-order valence-electron chi connectivity index (χ3n) is 3.11. The molecule has 0 saturated carbocycles. The Labute approximate surface area is 152 Å². The maximum atomic E-state index is 12.3. The second-order valence-corrected chi connectivity index (χ2v) is 8.89. The van der Waals surface area contributed by atoms with E-state index in [1.165, 1.54) is 43.4 Å². The van der Waals surface area contributed by atoms with E-state index in [9.17, 15) is 23.3 Å². The molecular formula is C14H13ClN2O6S2. The Morgan fingerprint density at radius 3 is 2.44 bits per heavy atom. The summed E-state index contributed by atoms with van der Waals surface area (Å²) in [7, 11) is -2.56. The minimum Gasteiger partial charge on any atom is -0.460 e. The normalized spacial score (nSPS) is 11.5. The Morgan fingerprint density at radius 1 is 1.28 bits per heavy atom. The quantitative estimate of drug-likeness (QED) is 0.399. The van der Waals surface area contributed by atoms with Gasteiger partial charge in [0.1, 0.15) is 17.4 Å². The number of non-ortho nitro benzene ring substituents is 1. The van der Waals surface area contributed by atoms with Gasteiger partial charge in [0.2, 0.25) is 0 Å². The second-order valence-electron chi connectivity index (χ2n) is 4.90. The number of carbonyl (C=O) groups is 1. The van der Waals surface area contributed by atoms with Crippen LogP contribution in [-0.2, 0) is 26.2 Å². The largest absolute Gasteiger partial charge is 0.460 e. The first-order valence-electron chi connectivity index (χ1n) is 6.81. The maximum absolute atomic E-state index is 12.3. The van der Waals surface area contributed by atoms with Crippen LogP contribution in [0.25, 0.3) is 0 Å². The summed E-state index contributed by atoms with van der Waals surface area (Å²) >= 11 is 6.62. The molecule has 2 rings (SSSR count). The Morgan fingerprint density at radius 2 is 1.92 bits per heavy atom. The number of sulfonamides is 1. The molecular weight excluding hydrogens is 392 g/mol. The van der Waals surface area contributed by atoms with Crippen LogP contribution < -0.4 is 0 Å². The average molecular weight is 405 g/mol. The molecule has 1 heterocycles. The number of thiophene rings is 1. The molecule has 0 aliphatic carbocycles. The standard InChI is InChI=1S/C14H13ClN2O6S2/c1-16(25(21,22)14-7-6-12(15)24-14)8-13(18)23-9-10-2-4-11(5-3-10)17(19)20/h2-7H,8-9H2,1H3. The summed E-state index contributed by atoms with van der Waals surface area (Å²) in [5, 5.41) is 10.6. The van der Waals surface area contributed by atoms with Crippen LogP contribution in [-0.4, -0.2) is 37.2 Å². The molecule has 0 fully saturated rings. The van der Waals surface area contributed by atoms with E-state index < -0.39 is 27.5 Å². The number of ether oxygens (including phenoxy) is 1. The Hall–Kier alpha value is -2.01. The number of hydrogen-bond donors (Lipinski definition) is 0. The zero-order valence-corrected chi connectivity index (χ0v) is 15.3. The second kappa shape index (κ2) is 7.91. The first-order chi connectivity index (χ1) is 11.7. The third-order valence-corrected chi connectivity index (χ3v) is 6.61. The van der Waals surface area contributed by atoms with Crippen molar-refractivity contribution in [2.75, 3.05) is 13.6 Å². The van der Waals surface area contributed by atoms with Crippen molar-refractivity contribution < 1.29 is 22.9 Å². The average Bonchev–Trinajstić information content (AvgIpc) is 3.00. The van der Waals surface area contributed by atoms with Gasteiger partial charge in [0, 0.05) is 19.2 Å². The number of carbonyl (C=O) groups excluding carboxylic acids is 1. The zero-order valence-electron chi connectivity index (χ0n) is 12.9. The molecule has 0 unspecified atom stereocenters. The van der Waals surface area contributed by atoms with Gasteiger partial charge in [0.25, 0.3) is 15.7 Å². The summed E-state index contributed by atoms with van der Waals surface area (Å²) in [5.74, 6) is -0.743. The molecule has 0 aliphatic heterocycles. The van der Waals surface area contributed by atoms with Crippen LogP contribution in [0.2, 0.25) is 4.34 Å². The molecule has 2 aromatic rings. The van der Waals surface area contributed by atoms with Gasteiger partial charge in [-0.25, -0.2) is 8.42 Å². The number of halogens is 1. The SMILES string of the molecule is CN(CC(=O)OCc1ccc([N+](=O)[O-])cc1)S(=O)(=O)c1ccc(Cl)s1. The van der Waals surface area contributed by atoms with Crippen LogP contribution in [0.1, 0.15) is 5.56 Å². The minimum atomic E-state index is -3.82. The lowest BCUT2D eigenvalue weighted by Gasteiger charge is -2.15. The molecule has 0 atom stereocenters. The predicted octanol–water partition coefficient (Wildman–Crippen LogP) is 2.67. The number of nitrogens with zero attached hydrogens (tertiary/aromatic N) is 2. The smallest absolute Gasteiger partial charge is 0.321 e. The number of nitro benzene ring substituents is 1. The molecule has 0 saturated heterocycles. The van der Waals surface area contributed by atoms with Gasteiger partial charge in [-0.2, -0.15) is 4.31 Å². The molecule has 1 aromatic heterocycles. The van der Waals surface area contributed by atoms with E-state index in [0.29, 0.717) is 9.90 Å². The van der Waals surface area contributed by atoms with Crippen molar-refractivity contribution in [2.24, 2.45) is 0 Å². The summed E-state index contributed by atoms with van der Waals surface area (Å²) in [6.07, 6.45) is 0. The predicted molar refractivity (Wildman–Crippen MR) is 92.0 cm³/mol. The molecule has 0 amide bonds. The number of nitro groups is 1. The molecule has 1 aromatic carbocycles. The van der Waals surface area contributed by atoms with Gasteiger partial charge >= 0.3 is 5.97 Å². The Balaban J connectivity index is 1.92.